The maximum absolute atomic E-state index is 6.24. The van der Waals surface area contributed by atoms with Gasteiger partial charge in [0.25, 0.3) is 0 Å². The Balaban J connectivity index is 2.76. The van der Waals surface area contributed by atoms with E-state index >= 15 is 0 Å². The van der Waals surface area contributed by atoms with E-state index in [1.807, 2.05) is 6.92 Å². The zero-order valence-corrected chi connectivity index (χ0v) is 13.6. The summed E-state index contributed by atoms with van der Waals surface area (Å²) in [6, 6.07) is 0. The molecule has 3 heteroatoms. The lowest BCUT2D eigenvalue weighted by Gasteiger charge is -2.27. The van der Waals surface area contributed by atoms with Crippen molar-refractivity contribution in [3.8, 4) is 0 Å². The van der Waals surface area contributed by atoms with Crippen molar-refractivity contribution >= 4 is 11.6 Å². The molecule has 0 aliphatic carbocycles. The Bertz CT molecular complexity index is 375. The molecule has 0 aliphatic rings. The minimum atomic E-state index is 0.0437. The fourth-order valence-electron chi connectivity index (χ4n) is 2.63. The van der Waals surface area contributed by atoms with Crippen LogP contribution >= 0.6 is 11.6 Å². The second-order valence-electron chi connectivity index (χ2n) is 5.83. The summed E-state index contributed by atoms with van der Waals surface area (Å²) in [7, 11) is 0. The second kappa shape index (κ2) is 7.94. The van der Waals surface area contributed by atoms with Gasteiger partial charge in [0.15, 0.2) is 11.0 Å². The van der Waals surface area contributed by atoms with Crippen molar-refractivity contribution in [2.75, 3.05) is 0 Å². The van der Waals surface area contributed by atoms with Crippen LogP contribution in [-0.4, -0.2) is 4.98 Å². The lowest BCUT2D eigenvalue weighted by atomic mass is 9.78. The summed E-state index contributed by atoms with van der Waals surface area (Å²) in [6.07, 6.45) is 9.80. The first-order valence-corrected chi connectivity index (χ1v) is 8.04. The fraction of sp³-hybridized carbons (Fsp3) is 0.812. The molecule has 0 bridgehead atoms. The summed E-state index contributed by atoms with van der Waals surface area (Å²) in [5.74, 6) is 1.58. The van der Waals surface area contributed by atoms with Gasteiger partial charge < -0.3 is 4.42 Å². The molecule has 1 unspecified atom stereocenters. The molecule has 19 heavy (non-hydrogen) atoms. The molecule has 110 valence electrons. The number of unbranched alkanes of at least 4 members (excludes halogenated alkanes) is 4. The highest BCUT2D eigenvalue weighted by atomic mass is 35.5. The molecule has 0 saturated heterocycles. The van der Waals surface area contributed by atoms with Crippen LogP contribution in [0.4, 0.5) is 0 Å². The van der Waals surface area contributed by atoms with E-state index in [0.29, 0.717) is 11.0 Å². The molecule has 0 saturated carbocycles. The SMILES string of the molecule is CCCCCCC(C)(CCCC)c1oc(C)nc1Cl. The van der Waals surface area contributed by atoms with Gasteiger partial charge in [-0.3, -0.25) is 0 Å². The molecule has 1 aromatic rings. The lowest BCUT2D eigenvalue weighted by Crippen LogP contribution is -2.22. The molecule has 0 amide bonds. The van der Waals surface area contributed by atoms with Gasteiger partial charge in [-0.2, -0.15) is 0 Å². The molecule has 1 heterocycles. The average Bonchev–Trinajstić information content (AvgIpc) is 2.72. The Morgan fingerprint density at radius 3 is 2.21 bits per heavy atom. The minimum Gasteiger partial charge on any atom is -0.444 e. The van der Waals surface area contributed by atoms with Gasteiger partial charge in [0.2, 0.25) is 0 Å². The molecule has 0 aliphatic heterocycles. The van der Waals surface area contributed by atoms with E-state index in [0.717, 1.165) is 18.6 Å². The van der Waals surface area contributed by atoms with Gasteiger partial charge in [-0.25, -0.2) is 4.98 Å². The highest BCUT2D eigenvalue weighted by molar-refractivity contribution is 6.30. The average molecular weight is 286 g/mol. The van der Waals surface area contributed by atoms with Crippen LogP contribution in [0.25, 0.3) is 0 Å². The van der Waals surface area contributed by atoms with Gasteiger partial charge in [0.1, 0.15) is 5.76 Å². The largest absolute Gasteiger partial charge is 0.444 e. The zero-order chi connectivity index (χ0) is 14.3. The predicted molar refractivity (Wildman–Crippen MR) is 81.9 cm³/mol. The van der Waals surface area contributed by atoms with E-state index in [2.05, 4.69) is 25.8 Å². The summed E-state index contributed by atoms with van der Waals surface area (Å²) >= 11 is 6.24. The lowest BCUT2D eigenvalue weighted by molar-refractivity contribution is 0.295. The van der Waals surface area contributed by atoms with Gasteiger partial charge >= 0.3 is 0 Å². The van der Waals surface area contributed by atoms with Crippen LogP contribution in [0, 0.1) is 6.92 Å². The number of aryl methyl sites for hydroxylation is 1. The molecule has 0 fully saturated rings. The first-order chi connectivity index (χ1) is 9.03. The second-order valence-corrected chi connectivity index (χ2v) is 6.19. The summed E-state index contributed by atoms with van der Waals surface area (Å²) in [6.45, 7) is 8.62. The zero-order valence-electron chi connectivity index (χ0n) is 12.9. The smallest absolute Gasteiger partial charge is 0.192 e. The third-order valence-electron chi connectivity index (χ3n) is 3.91. The van der Waals surface area contributed by atoms with E-state index in [4.69, 9.17) is 16.0 Å². The highest BCUT2D eigenvalue weighted by Crippen LogP contribution is 2.39. The molecule has 0 N–H and O–H groups in total. The monoisotopic (exact) mass is 285 g/mol. The van der Waals surface area contributed by atoms with Crippen LogP contribution in [0.5, 0.6) is 0 Å². The number of nitrogens with zero attached hydrogens (tertiary/aromatic N) is 1. The Kier molecular flexibility index (Phi) is 6.92. The van der Waals surface area contributed by atoms with Gasteiger partial charge in [0.05, 0.1) is 0 Å². The molecule has 0 aromatic carbocycles. The van der Waals surface area contributed by atoms with Crippen molar-refractivity contribution in [2.45, 2.75) is 84.5 Å². The van der Waals surface area contributed by atoms with Crippen molar-refractivity contribution in [1.82, 2.24) is 4.98 Å². The van der Waals surface area contributed by atoms with Crippen molar-refractivity contribution in [3.63, 3.8) is 0 Å². The van der Waals surface area contributed by atoms with E-state index < -0.39 is 0 Å². The van der Waals surface area contributed by atoms with Gasteiger partial charge in [-0.05, 0) is 12.8 Å². The van der Waals surface area contributed by atoms with Crippen LogP contribution in [0.3, 0.4) is 0 Å². The summed E-state index contributed by atoms with van der Waals surface area (Å²) in [5, 5.41) is 0.562. The van der Waals surface area contributed by atoms with Crippen LogP contribution in [-0.2, 0) is 5.41 Å². The highest BCUT2D eigenvalue weighted by Gasteiger charge is 2.32. The number of aromatic nitrogens is 1. The van der Waals surface area contributed by atoms with Crippen LogP contribution in [0.2, 0.25) is 5.15 Å². The minimum absolute atomic E-state index is 0.0437. The molecule has 1 aromatic heterocycles. The number of halogens is 1. The van der Waals surface area contributed by atoms with Crippen LogP contribution in [0.15, 0.2) is 4.42 Å². The number of rotatable bonds is 9. The standard InChI is InChI=1S/C16H28ClNO/c1-5-7-9-10-12-16(4,11-8-6-2)14-15(17)18-13(3)19-14/h5-12H2,1-4H3. The first-order valence-electron chi connectivity index (χ1n) is 7.67. The van der Waals surface area contributed by atoms with Crippen molar-refractivity contribution in [3.05, 3.63) is 16.8 Å². The Labute approximate surface area is 122 Å². The van der Waals surface area contributed by atoms with Crippen LogP contribution < -0.4 is 0 Å². The van der Waals surface area contributed by atoms with Crippen LogP contribution in [0.1, 0.15) is 83.8 Å². The van der Waals surface area contributed by atoms with E-state index in [-0.39, 0.29) is 5.41 Å². The fourth-order valence-corrected chi connectivity index (χ4v) is 3.02. The molecular weight excluding hydrogens is 258 g/mol. The summed E-state index contributed by atoms with van der Waals surface area (Å²) in [5.41, 5.74) is 0.0437. The Morgan fingerprint density at radius 1 is 1.05 bits per heavy atom. The Morgan fingerprint density at radius 2 is 1.68 bits per heavy atom. The molecule has 0 spiro atoms. The molecule has 2 nitrogen and oxygen atoms in total. The van der Waals surface area contributed by atoms with Gasteiger partial charge in [-0.1, -0.05) is 70.9 Å². The van der Waals surface area contributed by atoms with E-state index in [9.17, 15) is 0 Å². The van der Waals surface area contributed by atoms with E-state index in [1.54, 1.807) is 0 Å². The quantitative estimate of drug-likeness (QED) is 0.516. The predicted octanol–water partition coefficient (Wildman–Crippen LogP) is 6.05. The van der Waals surface area contributed by atoms with Crippen molar-refractivity contribution in [1.29, 1.82) is 0 Å². The maximum Gasteiger partial charge on any atom is 0.192 e. The third-order valence-corrected chi connectivity index (χ3v) is 4.16. The molecular formula is C16H28ClNO. The van der Waals surface area contributed by atoms with Crippen molar-refractivity contribution < 1.29 is 4.42 Å². The summed E-state index contributed by atoms with van der Waals surface area (Å²) in [4.78, 5) is 4.23. The van der Waals surface area contributed by atoms with Gasteiger partial charge in [0, 0.05) is 12.3 Å². The normalized spacial score (nSPS) is 14.6. The molecule has 1 rings (SSSR count). The van der Waals surface area contributed by atoms with E-state index in [1.165, 1.54) is 38.5 Å². The maximum atomic E-state index is 6.24. The number of hydrogen-bond donors (Lipinski definition) is 0. The first kappa shape index (κ1) is 16.6. The third kappa shape index (κ3) is 4.83. The van der Waals surface area contributed by atoms with Crippen molar-refractivity contribution in [2.24, 2.45) is 0 Å². The number of oxazole rings is 1. The number of hydrogen-bond acceptors (Lipinski definition) is 2. The Hall–Kier alpha value is -0.500. The molecule has 0 radical (unpaired) electrons. The topological polar surface area (TPSA) is 26.0 Å². The van der Waals surface area contributed by atoms with Gasteiger partial charge in [-0.15, -0.1) is 0 Å². The molecule has 1 atom stereocenters. The summed E-state index contributed by atoms with van der Waals surface area (Å²) < 4.78 is 5.79.